The number of thiazole rings is 1. The number of nitrogen functional groups attached to an aromatic ring is 1. The van der Waals surface area contributed by atoms with Crippen molar-refractivity contribution in [1.29, 1.82) is 5.26 Å². The maximum absolute atomic E-state index is 14.5. The lowest BCUT2D eigenvalue weighted by molar-refractivity contribution is -0.143. The second-order valence-electron chi connectivity index (χ2n) is 20.7. The monoisotopic (exact) mass is 1050 g/mol. The number of thiophene rings is 1. The fourth-order valence-corrected chi connectivity index (χ4v) is 12.8. The molecule has 22 heteroatoms. The Morgan fingerprint density at radius 3 is 2.61 bits per heavy atom. The van der Waals surface area contributed by atoms with Crippen LogP contribution in [0.15, 0.2) is 52.8 Å². The molecular formula is C52H66N14O6S2. The zero-order chi connectivity index (χ0) is 52.4. The number of fused-ring (bicyclic) bond motifs is 1. The highest BCUT2D eigenvalue weighted by molar-refractivity contribution is 7.16. The number of hydrogen-bond donors (Lipinski definition) is 4. The van der Waals surface area contributed by atoms with Gasteiger partial charge < -0.3 is 45.2 Å². The summed E-state index contributed by atoms with van der Waals surface area (Å²) < 4.78 is 13.5. The second-order valence-corrected chi connectivity index (χ2v) is 22.7. The van der Waals surface area contributed by atoms with Crippen molar-refractivity contribution in [2.45, 2.75) is 129 Å². The topological polar surface area (TPSA) is 264 Å². The zero-order valence-corrected chi connectivity index (χ0v) is 44.6. The number of likely N-dealkylation sites (tertiary alicyclic amines) is 1. The SMILES string of the molecule is Cc1ncsc1-c1ccc([C@@H](NC(=O)[C@@H]2C[C@@H](O)CN2C(=O)C(C(C)C)n2cc(OCCCN3CCCN(c4nccc(-c5noc([C@@]6(C)CCCc7sc(N)c(C#N)c76)n5)n4)[C@@H](C)C3)nn2)[C@H](O)C(C)C)cc1. The van der Waals surface area contributed by atoms with Crippen LogP contribution in [0.4, 0.5) is 10.9 Å². The lowest BCUT2D eigenvalue weighted by atomic mass is 9.72. The Bertz CT molecular complexity index is 2960. The van der Waals surface area contributed by atoms with Crippen molar-refractivity contribution in [2.75, 3.05) is 50.0 Å². The highest BCUT2D eigenvalue weighted by Crippen LogP contribution is 2.48. The summed E-state index contributed by atoms with van der Waals surface area (Å²) >= 11 is 3.02. The highest BCUT2D eigenvalue weighted by Gasteiger charge is 2.45. The van der Waals surface area contributed by atoms with Gasteiger partial charge in [-0.15, -0.1) is 22.7 Å². The number of nitrogens with zero attached hydrogens (tertiary/aromatic N) is 12. The molecule has 2 aliphatic heterocycles. The van der Waals surface area contributed by atoms with E-state index >= 15 is 0 Å². The molecule has 392 valence electrons. The molecule has 1 unspecified atom stereocenters. The van der Waals surface area contributed by atoms with Gasteiger partial charge in [-0.25, -0.2) is 19.6 Å². The van der Waals surface area contributed by atoms with Crippen LogP contribution in [0.3, 0.4) is 0 Å². The number of carbonyl (C=O) groups excluding carboxylic acids is 2. The molecule has 0 saturated carbocycles. The quantitative estimate of drug-likeness (QED) is 0.0751. The number of aliphatic hydroxyl groups excluding tert-OH is 2. The summed E-state index contributed by atoms with van der Waals surface area (Å²) in [6.45, 7) is 17.3. The van der Waals surface area contributed by atoms with Crippen LogP contribution in [-0.2, 0) is 21.4 Å². The summed E-state index contributed by atoms with van der Waals surface area (Å²) in [7, 11) is 0. The van der Waals surface area contributed by atoms with Crippen molar-refractivity contribution in [3.05, 3.63) is 81.4 Å². The van der Waals surface area contributed by atoms with E-state index in [0.717, 1.165) is 90.4 Å². The van der Waals surface area contributed by atoms with E-state index in [1.807, 2.05) is 65.8 Å². The number of anilines is 2. The molecule has 2 fully saturated rings. The van der Waals surface area contributed by atoms with E-state index in [0.29, 0.717) is 40.5 Å². The van der Waals surface area contributed by atoms with Crippen LogP contribution >= 0.6 is 22.7 Å². The Kier molecular flexibility index (Phi) is 15.8. The molecule has 9 rings (SSSR count). The Labute approximate surface area is 439 Å². The average molecular weight is 1050 g/mol. The second kappa shape index (κ2) is 22.2. The number of aryl methyl sites for hydroxylation is 2. The van der Waals surface area contributed by atoms with Gasteiger partial charge in [0.15, 0.2) is 0 Å². The molecule has 5 aromatic heterocycles. The zero-order valence-electron chi connectivity index (χ0n) is 43.0. The summed E-state index contributed by atoms with van der Waals surface area (Å²) in [6, 6.07) is 9.35. The van der Waals surface area contributed by atoms with E-state index < -0.39 is 41.7 Å². The third-order valence-corrected chi connectivity index (χ3v) is 16.8. The van der Waals surface area contributed by atoms with Crippen LogP contribution in [-0.4, -0.2) is 136 Å². The Hall–Kier alpha value is -6.38. The average Bonchev–Trinajstić information content (AvgIpc) is 4.25. The van der Waals surface area contributed by atoms with Crippen molar-refractivity contribution in [3.8, 4) is 33.9 Å². The van der Waals surface area contributed by atoms with Gasteiger partial charge in [-0.05, 0) is 88.4 Å². The van der Waals surface area contributed by atoms with E-state index in [9.17, 15) is 25.1 Å². The number of carbonyl (C=O) groups is 2. The van der Waals surface area contributed by atoms with E-state index in [1.54, 1.807) is 35.3 Å². The molecule has 74 heavy (non-hydrogen) atoms. The largest absolute Gasteiger partial charge is 0.475 e. The molecule has 5 N–H and O–H groups in total. The number of aromatic nitrogens is 8. The molecule has 0 radical (unpaired) electrons. The van der Waals surface area contributed by atoms with Crippen LogP contribution < -0.4 is 20.7 Å². The number of hydrogen-bond acceptors (Lipinski definition) is 19. The van der Waals surface area contributed by atoms with Crippen molar-refractivity contribution >= 4 is 45.4 Å². The van der Waals surface area contributed by atoms with Crippen LogP contribution in [0.5, 0.6) is 5.88 Å². The van der Waals surface area contributed by atoms with Crippen molar-refractivity contribution in [1.82, 2.24) is 55.2 Å². The van der Waals surface area contributed by atoms with Gasteiger partial charge in [0.2, 0.25) is 29.5 Å². The Morgan fingerprint density at radius 1 is 1.08 bits per heavy atom. The first kappa shape index (κ1) is 52.5. The Balaban J connectivity index is 0.787. The molecule has 0 bridgehead atoms. The maximum Gasteiger partial charge on any atom is 0.253 e. The molecule has 1 aromatic carbocycles. The summed E-state index contributed by atoms with van der Waals surface area (Å²) in [5, 5.41) is 48.7. The number of nitrogens with one attached hydrogen (secondary N) is 1. The fraction of sp³-hybridized carbons (Fsp3) is 0.538. The highest BCUT2D eigenvalue weighted by atomic mass is 32.1. The lowest BCUT2D eigenvalue weighted by Crippen LogP contribution is -2.51. The minimum absolute atomic E-state index is 0.0222. The molecule has 0 spiro atoms. The molecular weight excluding hydrogens is 981 g/mol. The number of nitrogens with two attached hydrogens (primary N) is 1. The van der Waals surface area contributed by atoms with E-state index in [-0.39, 0.29) is 42.6 Å². The van der Waals surface area contributed by atoms with Crippen molar-refractivity contribution in [3.63, 3.8) is 0 Å². The minimum atomic E-state index is -0.969. The number of nitriles is 1. The molecule has 7 heterocycles. The van der Waals surface area contributed by atoms with Gasteiger partial charge in [0, 0.05) is 55.3 Å². The first-order chi connectivity index (χ1) is 35.5. The van der Waals surface area contributed by atoms with Crippen LogP contribution in [0.25, 0.3) is 22.0 Å². The number of rotatable bonds is 17. The van der Waals surface area contributed by atoms with E-state index in [4.69, 9.17) is 25.0 Å². The predicted molar refractivity (Wildman–Crippen MR) is 280 cm³/mol. The molecule has 7 atom stereocenters. The van der Waals surface area contributed by atoms with Crippen LogP contribution in [0.1, 0.15) is 119 Å². The first-order valence-corrected chi connectivity index (χ1v) is 27.2. The first-order valence-electron chi connectivity index (χ1n) is 25.5. The summed E-state index contributed by atoms with van der Waals surface area (Å²) in [6.07, 6.45) is 5.73. The summed E-state index contributed by atoms with van der Waals surface area (Å²) in [4.78, 5) is 55.6. The normalized spacial score (nSPS) is 21.6. The van der Waals surface area contributed by atoms with Gasteiger partial charge in [-0.1, -0.05) is 67.4 Å². The van der Waals surface area contributed by atoms with E-state index in [1.165, 1.54) is 20.9 Å². The predicted octanol–water partition coefficient (Wildman–Crippen LogP) is 6.11. The number of aliphatic hydroxyl groups is 2. The molecule has 2 saturated heterocycles. The number of amides is 2. The fourth-order valence-electron chi connectivity index (χ4n) is 10.7. The summed E-state index contributed by atoms with van der Waals surface area (Å²) in [5.41, 5.74) is 12.0. The molecule has 20 nitrogen and oxygen atoms in total. The van der Waals surface area contributed by atoms with Crippen LogP contribution in [0.2, 0.25) is 0 Å². The van der Waals surface area contributed by atoms with Gasteiger partial charge >= 0.3 is 0 Å². The standard InChI is InChI=1S/C52H66N14O6S2/c1-29(2)43(49(70)65-26-35(67)23-38(65)48(69)58-42(44(68)30(3)4)33-12-14-34(15-13-33)45-32(6)56-28-73-45)66-27-40(60-62-66)71-22-10-20-63-19-9-21-64(31(5)25-63)51-55-18-16-37(57-51)47-59-50(72-61-47)52(7)17-8-11-39-41(52)36(24-53)46(54)74-39/h12-16,18,27-31,35,38,42-44,67-68H,8-11,17,19-23,25-26,54H2,1-7H3,(H,58,69)/t31-,35+,38-,42+,43?,44+,52-/m0/s1. The van der Waals surface area contributed by atoms with Gasteiger partial charge in [-0.3, -0.25) is 9.59 Å². The number of ether oxygens (including phenoxy) is 1. The van der Waals surface area contributed by atoms with E-state index in [2.05, 4.69) is 53.5 Å². The smallest absolute Gasteiger partial charge is 0.253 e. The van der Waals surface area contributed by atoms with Gasteiger partial charge in [0.25, 0.3) is 5.88 Å². The van der Waals surface area contributed by atoms with Gasteiger partial charge in [0.1, 0.15) is 28.8 Å². The van der Waals surface area contributed by atoms with Crippen molar-refractivity contribution in [2.24, 2.45) is 11.8 Å². The van der Waals surface area contributed by atoms with Crippen molar-refractivity contribution < 1.29 is 29.1 Å². The van der Waals surface area contributed by atoms with Gasteiger partial charge in [0.05, 0.1) is 58.1 Å². The molecule has 2 amide bonds. The molecule has 1 aliphatic carbocycles. The molecule has 6 aromatic rings. The van der Waals surface area contributed by atoms with Gasteiger partial charge in [-0.2, -0.15) is 10.2 Å². The molecule has 3 aliphatic rings. The lowest BCUT2D eigenvalue weighted by Gasteiger charge is -2.32. The van der Waals surface area contributed by atoms with Crippen LogP contribution in [0, 0.1) is 30.1 Å². The Morgan fingerprint density at radius 2 is 1.88 bits per heavy atom. The number of benzene rings is 1. The maximum atomic E-state index is 14.5. The number of β-amino-alcohol motifs (C(OH)–C–C–N with tert-alkyl or cyclic N) is 1. The summed E-state index contributed by atoms with van der Waals surface area (Å²) in [5.74, 6) is 0.421. The minimum Gasteiger partial charge on any atom is -0.475 e. The third kappa shape index (κ3) is 10.8. The third-order valence-electron chi connectivity index (χ3n) is 14.7.